The normalized spacial score (nSPS) is 10.2. The van der Waals surface area contributed by atoms with Gasteiger partial charge in [0.05, 0.1) is 6.26 Å². The maximum Gasteiger partial charge on any atom is 0.310 e. The van der Waals surface area contributed by atoms with Crippen molar-refractivity contribution < 1.29 is 9.53 Å². The van der Waals surface area contributed by atoms with Crippen molar-refractivity contribution >= 4 is 5.97 Å². The molecule has 0 aliphatic rings. The third-order valence-electron chi connectivity index (χ3n) is 1.62. The first-order valence-corrected chi connectivity index (χ1v) is 4.70. The van der Waals surface area contributed by atoms with Gasteiger partial charge in [0.2, 0.25) is 0 Å². The lowest BCUT2D eigenvalue weighted by Crippen LogP contribution is -1.98. The minimum absolute atomic E-state index is 0.186. The lowest BCUT2D eigenvalue weighted by molar-refractivity contribution is -0.138. The standard InChI is InChI=1S/C11H17O2/c1-3-5-7-8-9-11(12)13-10-6-4-2/h2,4,6,10H,3,5,7-9H2,1H3. The molecule has 0 heterocycles. The summed E-state index contributed by atoms with van der Waals surface area (Å²) in [6.45, 7) is 7.19. The van der Waals surface area contributed by atoms with Gasteiger partial charge in [0.25, 0.3) is 0 Å². The van der Waals surface area contributed by atoms with E-state index in [1.165, 1.54) is 31.3 Å². The van der Waals surface area contributed by atoms with Crippen LogP contribution in [-0.2, 0) is 9.53 Å². The van der Waals surface area contributed by atoms with Gasteiger partial charge in [-0.25, -0.2) is 0 Å². The second-order valence-corrected chi connectivity index (χ2v) is 2.82. The molecule has 0 N–H and O–H groups in total. The summed E-state index contributed by atoms with van der Waals surface area (Å²) >= 11 is 0. The summed E-state index contributed by atoms with van der Waals surface area (Å²) in [4.78, 5) is 11.0. The van der Waals surface area contributed by atoms with Crippen molar-refractivity contribution in [3.63, 3.8) is 0 Å². The van der Waals surface area contributed by atoms with E-state index in [-0.39, 0.29) is 5.97 Å². The van der Waals surface area contributed by atoms with Crippen LogP contribution in [0, 0.1) is 6.58 Å². The average molecular weight is 181 g/mol. The Hall–Kier alpha value is -1.05. The second-order valence-electron chi connectivity index (χ2n) is 2.82. The second kappa shape index (κ2) is 9.04. The third-order valence-corrected chi connectivity index (χ3v) is 1.62. The van der Waals surface area contributed by atoms with Crippen molar-refractivity contribution in [1.82, 2.24) is 0 Å². The number of carbonyl (C=O) groups is 1. The molecule has 0 aromatic heterocycles. The van der Waals surface area contributed by atoms with E-state index in [4.69, 9.17) is 11.3 Å². The van der Waals surface area contributed by atoms with Gasteiger partial charge in [0.15, 0.2) is 0 Å². The van der Waals surface area contributed by atoms with Crippen LogP contribution in [0.4, 0.5) is 0 Å². The van der Waals surface area contributed by atoms with E-state index in [1.807, 2.05) is 0 Å². The summed E-state index contributed by atoms with van der Waals surface area (Å²) in [7, 11) is 0. The monoisotopic (exact) mass is 181 g/mol. The van der Waals surface area contributed by atoms with Gasteiger partial charge in [-0.1, -0.05) is 38.8 Å². The molecule has 0 aliphatic carbocycles. The fourth-order valence-electron chi connectivity index (χ4n) is 0.916. The van der Waals surface area contributed by atoms with Gasteiger partial charge in [-0.3, -0.25) is 4.79 Å². The van der Waals surface area contributed by atoms with E-state index in [2.05, 4.69) is 6.92 Å². The van der Waals surface area contributed by atoms with Gasteiger partial charge >= 0.3 is 5.97 Å². The van der Waals surface area contributed by atoms with Crippen molar-refractivity contribution in [1.29, 1.82) is 0 Å². The van der Waals surface area contributed by atoms with Crippen LogP contribution in [0.1, 0.15) is 39.0 Å². The van der Waals surface area contributed by atoms with Crippen LogP contribution in [0.25, 0.3) is 0 Å². The Morgan fingerprint density at radius 2 is 2.15 bits per heavy atom. The number of unbranched alkanes of at least 4 members (excludes halogenated alkanes) is 3. The van der Waals surface area contributed by atoms with Crippen molar-refractivity contribution in [2.45, 2.75) is 39.0 Å². The molecule has 0 saturated carbocycles. The topological polar surface area (TPSA) is 26.3 Å². The van der Waals surface area contributed by atoms with E-state index in [0.717, 1.165) is 12.8 Å². The first-order chi connectivity index (χ1) is 6.31. The quantitative estimate of drug-likeness (QED) is 0.261. The molecule has 0 spiro atoms. The van der Waals surface area contributed by atoms with Crippen LogP contribution in [0.2, 0.25) is 0 Å². The zero-order chi connectivity index (χ0) is 9.94. The molecule has 0 aromatic carbocycles. The molecule has 0 saturated heterocycles. The number of carbonyl (C=O) groups excluding carboxylic acids is 1. The maximum absolute atomic E-state index is 11.0. The lowest BCUT2D eigenvalue weighted by Gasteiger charge is -1.98. The fourth-order valence-corrected chi connectivity index (χ4v) is 0.916. The molecule has 0 rings (SSSR count). The van der Waals surface area contributed by atoms with E-state index in [0.29, 0.717) is 6.42 Å². The molecular weight excluding hydrogens is 164 g/mol. The molecule has 0 bridgehead atoms. The molecule has 73 valence electrons. The largest absolute Gasteiger partial charge is 0.434 e. The Kier molecular flexibility index (Phi) is 8.31. The van der Waals surface area contributed by atoms with Gasteiger partial charge in [-0.2, -0.15) is 0 Å². The highest BCUT2D eigenvalue weighted by Gasteiger charge is 1.98. The summed E-state index contributed by atoms with van der Waals surface area (Å²) in [5, 5.41) is 0. The van der Waals surface area contributed by atoms with E-state index >= 15 is 0 Å². The number of esters is 1. The van der Waals surface area contributed by atoms with Gasteiger partial charge in [-0.15, -0.1) is 0 Å². The van der Waals surface area contributed by atoms with Gasteiger partial charge in [0.1, 0.15) is 0 Å². The molecule has 13 heavy (non-hydrogen) atoms. The first kappa shape index (κ1) is 11.9. The zero-order valence-electron chi connectivity index (χ0n) is 8.16. The lowest BCUT2D eigenvalue weighted by atomic mass is 10.2. The molecule has 0 atom stereocenters. The van der Waals surface area contributed by atoms with E-state index in [1.54, 1.807) is 0 Å². The number of ether oxygens (including phenoxy) is 1. The van der Waals surface area contributed by atoms with Crippen molar-refractivity contribution in [3.8, 4) is 0 Å². The van der Waals surface area contributed by atoms with Crippen LogP contribution < -0.4 is 0 Å². The van der Waals surface area contributed by atoms with Crippen LogP contribution in [0.15, 0.2) is 18.4 Å². The first-order valence-electron chi connectivity index (χ1n) is 4.70. The molecule has 0 unspecified atom stereocenters. The molecule has 1 radical (unpaired) electrons. The SMILES string of the molecule is [CH]=CC=COC(=O)CCCCCC. The van der Waals surface area contributed by atoms with Crippen LogP contribution >= 0.6 is 0 Å². The Bertz CT molecular complexity index is 171. The van der Waals surface area contributed by atoms with E-state index in [9.17, 15) is 4.79 Å². The highest BCUT2D eigenvalue weighted by atomic mass is 16.5. The molecule has 2 heteroatoms. The maximum atomic E-state index is 11.0. The number of hydrogen-bond acceptors (Lipinski definition) is 2. The Balaban J connectivity index is 3.30. The summed E-state index contributed by atoms with van der Waals surface area (Å²) < 4.78 is 4.73. The predicted molar refractivity (Wildman–Crippen MR) is 52.9 cm³/mol. The fraction of sp³-hybridized carbons (Fsp3) is 0.545. The van der Waals surface area contributed by atoms with Crippen LogP contribution in [0.5, 0.6) is 0 Å². The average Bonchev–Trinajstić information content (AvgIpc) is 2.13. The summed E-state index contributed by atoms with van der Waals surface area (Å²) in [6.07, 6.45) is 8.98. The van der Waals surface area contributed by atoms with Gasteiger partial charge in [0, 0.05) is 6.42 Å². The van der Waals surface area contributed by atoms with E-state index < -0.39 is 0 Å². The summed E-state index contributed by atoms with van der Waals surface area (Å²) in [5.74, 6) is -0.186. The van der Waals surface area contributed by atoms with Crippen molar-refractivity contribution in [3.05, 3.63) is 25.0 Å². The number of rotatable bonds is 7. The van der Waals surface area contributed by atoms with Crippen LogP contribution in [0.3, 0.4) is 0 Å². The Morgan fingerprint density at radius 3 is 2.77 bits per heavy atom. The third kappa shape index (κ3) is 8.86. The van der Waals surface area contributed by atoms with Gasteiger partial charge in [-0.05, 0) is 12.5 Å². The number of hydrogen-bond donors (Lipinski definition) is 0. The molecule has 0 amide bonds. The smallest absolute Gasteiger partial charge is 0.310 e. The number of allylic oxidation sites excluding steroid dienone is 2. The molecule has 0 fully saturated rings. The van der Waals surface area contributed by atoms with Crippen molar-refractivity contribution in [2.24, 2.45) is 0 Å². The van der Waals surface area contributed by atoms with Crippen LogP contribution in [-0.4, -0.2) is 5.97 Å². The van der Waals surface area contributed by atoms with Crippen molar-refractivity contribution in [2.75, 3.05) is 0 Å². The Morgan fingerprint density at radius 1 is 1.38 bits per heavy atom. The molecular formula is C11H17O2. The summed E-state index contributed by atoms with van der Waals surface area (Å²) in [5.41, 5.74) is 0. The molecule has 0 aromatic rings. The predicted octanol–water partition coefficient (Wildman–Crippen LogP) is 3.00. The highest BCUT2D eigenvalue weighted by molar-refractivity contribution is 5.69. The Labute approximate surface area is 80.3 Å². The molecule has 2 nitrogen and oxygen atoms in total. The van der Waals surface area contributed by atoms with Gasteiger partial charge < -0.3 is 4.74 Å². The zero-order valence-corrected chi connectivity index (χ0v) is 8.16. The summed E-state index contributed by atoms with van der Waals surface area (Å²) in [6, 6.07) is 0. The minimum Gasteiger partial charge on any atom is -0.434 e. The minimum atomic E-state index is -0.186. The highest BCUT2D eigenvalue weighted by Crippen LogP contribution is 2.03. The molecule has 0 aliphatic heterocycles.